The predicted octanol–water partition coefficient (Wildman–Crippen LogP) is 4.74. The molecule has 4 rings (SSSR count). The minimum absolute atomic E-state index is 0.0373. The van der Waals surface area contributed by atoms with Crippen molar-refractivity contribution < 1.29 is 23.8 Å². The number of allylic oxidation sites excluding steroid dienone is 1. The summed E-state index contributed by atoms with van der Waals surface area (Å²) in [6.45, 7) is 3.34. The summed E-state index contributed by atoms with van der Waals surface area (Å²) < 4.78 is 25.3. The zero-order chi connectivity index (χ0) is 19.7. The van der Waals surface area contributed by atoms with Gasteiger partial charge in [-0.3, -0.25) is 4.90 Å². The number of halogens is 1. The summed E-state index contributed by atoms with van der Waals surface area (Å²) in [6, 6.07) is 6.31. The Morgan fingerprint density at radius 3 is 2.89 bits per heavy atom. The van der Waals surface area contributed by atoms with Crippen molar-refractivity contribution in [2.75, 3.05) is 18.5 Å². The minimum Gasteiger partial charge on any atom is -0.488 e. The second-order valence-corrected chi connectivity index (χ2v) is 7.78. The molecule has 2 aromatic rings. The van der Waals surface area contributed by atoms with E-state index in [1.807, 2.05) is 11.4 Å². The van der Waals surface area contributed by atoms with Gasteiger partial charge in [-0.2, -0.15) is 0 Å². The first-order chi connectivity index (χ1) is 13.5. The second-order valence-electron chi connectivity index (χ2n) is 6.78. The maximum atomic E-state index is 13.9. The fraction of sp³-hybridized carbons (Fsp3) is 0.350. The van der Waals surface area contributed by atoms with E-state index in [-0.39, 0.29) is 11.9 Å². The molecule has 3 heterocycles. The van der Waals surface area contributed by atoms with Crippen LogP contribution in [0.25, 0.3) is 5.70 Å². The molecule has 8 heteroatoms. The largest absolute Gasteiger partial charge is 0.488 e. The number of fused-ring (bicyclic) bond motifs is 1. The number of benzene rings is 1. The average molecular weight is 404 g/mol. The van der Waals surface area contributed by atoms with Gasteiger partial charge in [0.2, 0.25) is 0 Å². The van der Waals surface area contributed by atoms with Gasteiger partial charge >= 0.3 is 6.09 Å². The van der Waals surface area contributed by atoms with Crippen LogP contribution in [0.3, 0.4) is 0 Å². The highest BCUT2D eigenvalue weighted by molar-refractivity contribution is 7.10. The number of anilines is 1. The predicted molar refractivity (Wildman–Crippen MR) is 105 cm³/mol. The molecule has 1 fully saturated rings. The first kappa shape index (κ1) is 18.8. The molecule has 0 unspecified atom stereocenters. The number of ether oxygens (including phenoxy) is 2. The topological polar surface area (TPSA) is 71.0 Å². The van der Waals surface area contributed by atoms with Crippen LogP contribution in [0.2, 0.25) is 0 Å². The van der Waals surface area contributed by atoms with Crippen molar-refractivity contribution >= 4 is 28.8 Å². The van der Waals surface area contributed by atoms with E-state index in [1.165, 1.54) is 28.4 Å². The second kappa shape index (κ2) is 7.81. The van der Waals surface area contributed by atoms with Crippen molar-refractivity contribution in [3.8, 4) is 5.75 Å². The van der Waals surface area contributed by atoms with Crippen molar-refractivity contribution in [2.24, 2.45) is 0 Å². The lowest BCUT2D eigenvalue weighted by molar-refractivity contribution is 0.0257. The van der Waals surface area contributed by atoms with Crippen LogP contribution in [0.1, 0.15) is 30.2 Å². The molecule has 0 atom stereocenters. The Bertz CT molecular complexity index is 921. The average Bonchev–Trinajstić information content (AvgIpc) is 3.14. The summed E-state index contributed by atoms with van der Waals surface area (Å²) in [7, 11) is 0. The number of thiophene rings is 1. The van der Waals surface area contributed by atoms with E-state index in [0.717, 1.165) is 23.3 Å². The summed E-state index contributed by atoms with van der Waals surface area (Å²) in [5, 5.41) is 14.8. The van der Waals surface area contributed by atoms with Crippen molar-refractivity contribution in [1.82, 2.24) is 4.90 Å². The van der Waals surface area contributed by atoms with Crippen LogP contribution in [-0.2, 0) is 11.3 Å². The maximum Gasteiger partial charge on any atom is 0.411 e. The standard InChI is InChI=1S/C20H21FN2O4S/c1-12-19(15-6-9-28-18(15)11-23(12)20(24)25)22-16-3-2-13(21)10-17(16)27-14-4-7-26-8-5-14/h2-3,6,9-10,14,22H,4-5,7-8,11H2,1H3,(H,24,25). The molecule has 1 saturated heterocycles. The first-order valence-electron chi connectivity index (χ1n) is 9.12. The number of carboxylic acid groups (broad SMARTS) is 1. The van der Waals surface area contributed by atoms with Crippen molar-refractivity contribution in [3.05, 3.63) is 51.6 Å². The molecular formula is C20H21FN2O4S. The Kier molecular flexibility index (Phi) is 5.23. The number of hydrogen-bond acceptors (Lipinski definition) is 5. The van der Waals surface area contributed by atoms with Crippen molar-refractivity contribution in [3.63, 3.8) is 0 Å². The van der Waals surface area contributed by atoms with Gasteiger partial charge in [-0.15, -0.1) is 11.3 Å². The third-order valence-electron chi connectivity index (χ3n) is 4.98. The number of nitrogens with zero attached hydrogens (tertiary/aromatic N) is 1. The molecule has 1 aromatic heterocycles. The quantitative estimate of drug-likeness (QED) is 0.770. The zero-order valence-corrected chi connectivity index (χ0v) is 16.2. The highest BCUT2D eigenvalue weighted by Crippen LogP contribution is 2.38. The summed E-state index contributed by atoms with van der Waals surface area (Å²) in [6.07, 6.45) is 0.455. The minimum atomic E-state index is -1.01. The molecule has 6 nitrogen and oxygen atoms in total. The number of amides is 1. The van der Waals surface area contributed by atoms with E-state index in [9.17, 15) is 14.3 Å². The van der Waals surface area contributed by atoms with E-state index < -0.39 is 6.09 Å². The van der Waals surface area contributed by atoms with Gasteiger partial charge in [0.05, 0.1) is 31.1 Å². The molecule has 1 amide bonds. The van der Waals surface area contributed by atoms with Gasteiger partial charge in [0, 0.05) is 35.0 Å². The van der Waals surface area contributed by atoms with Crippen LogP contribution in [0.5, 0.6) is 5.75 Å². The lowest BCUT2D eigenvalue weighted by atomic mass is 10.1. The molecular weight excluding hydrogens is 383 g/mol. The van der Waals surface area contributed by atoms with Crippen LogP contribution < -0.4 is 10.1 Å². The molecule has 1 aromatic carbocycles. The third-order valence-corrected chi connectivity index (χ3v) is 5.89. The van der Waals surface area contributed by atoms with Crippen LogP contribution in [0, 0.1) is 5.82 Å². The molecule has 0 bridgehead atoms. The zero-order valence-electron chi connectivity index (χ0n) is 15.4. The maximum absolute atomic E-state index is 13.9. The lowest BCUT2D eigenvalue weighted by Gasteiger charge is -2.30. The van der Waals surface area contributed by atoms with Crippen LogP contribution in [-0.4, -0.2) is 35.4 Å². The molecule has 2 aliphatic rings. The smallest absolute Gasteiger partial charge is 0.411 e. The number of hydrogen-bond donors (Lipinski definition) is 2. The van der Waals surface area contributed by atoms with Gasteiger partial charge in [-0.25, -0.2) is 9.18 Å². The van der Waals surface area contributed by atoms with Crippen molar-refractivity contribution in [2.45, 2.75) is 32.4 Å². The van der Waals surface area contributed by atoms with Gasteiger partial charge < -0.3 is 19.9 Å². The molecule has 2 aliphatic heterocycles. The molecule has 2 N–H and O–H groups in total. The van der Waals surface area contributed by atoms with Gasteiger partial charge in [-0.1, -0.05) is 0 Å². The Morgan fingerprint density at radius 1 is 1.36 bits per heavy atom. The Balaban J connectivity index is 1.67. The van der Waals surface area contributed by atoms with Crippen LogP contribution in [0.4, 0.5) is 14.9 Å². The number of nitrogens with one attached hydrogen (secondary N) is 1. The Labute approximate surface area is 166 Å². The van der Waals surface area contributed by atoms with Gasteiger partial charge in [0.25, 0.3) is 0 Å². The molecule has 0 spiro atoms. The van der Waals surface area contributed by atoms with Crippen LogP contribution in [0.15, 0.2) is 35.3 Å². The third kappa shape index (κ3) is 3.70. The summed E-state index contributed by atoms with van der Waals surface area (Å²) in [5.41, 5.74) is 2.85. The van der Waals surface area contributed by atoms with E-state index in [2.05, 4.69) is 5.32 Å². The summed E-state index contributed by atoms with van der Waals surface area (Å²) in [5.74, 6) is 0.0294. The SMILES string of the molecule is CC1=C(Nc2ccc(F)cc2OC2CCOCC2)c2ccsc2CN1C(=O)O. The number of rotatable bonds is 4. The molecule has 0 aliphatic carbocycles. The normalized spacial score (nSPS) is 17.4. The van der Waals surface area contributed by atoms with Gasteiger partial charge in [0.15, 0.2) is 0 Å². The van der Waals surface area contributed by atoms with Gasteiger partial charge in [-0.05, 0) is 30.5 Å². The van der Waals surface area contributed by atoms with E-state index in [4.69, 9.17) is 9.47 Å². The summed E-state index contributed by atoms with van der Waals surface area (Å²) >= 11 is 1.51. The number of carbonyl (C=O) groups is 1. The van der Waals surface area contributed by atoms with Crippen LogP contribution >= 0.6 is 11.3 Å². The monoisotopic (exact) mass is 404 g/mol. The molecule has 0 radical (unpaired) electrons. The van der Waals surface area contributed by atoms with Crippen molar-refractivity contribution in [1.29, 1.82) is 0 Å². The highest BCUT2D eigenvalue weighted by atomic mass is 32.1. The Hall–Kier alpha value is -2.58. The highest BCUT2D eigenvalue weighted by Gasteiger charge is 2.28. The first-order valence-corrected chi connectivity index (χ1v) is 10.00. The van der Waals surface area contributed by atoms with E-state index in [1.54, 1.807) is 13.0 Å². The summed E-state index contributed by atoms with van der Waals surface area (Å²) in [4.78, 5) is 13.9. The molecule has 0 saturated carbocycles. The van der Waals surface area contributed by atoms with E-state index >= 15 is 0 Å². The fourth-order valence-electron chi connectivity index (χ4n) is 3.45. The van der Waals surface area contributed by atoms with E-state index in [0.29, 0.717) is 42.6 Å². The Morgan fingerprint density at radius 2 is 2.14 bits per heavy atom. The molecule has 28 heavy (non-hydrogen) atoms. The fourth-order valence-corrected chi connectivity index (χ4v) is 4.32. The van der Waals surface area contributed by atoms with Gasteiger partial charge in [0.1, 0.15) is 17.7 Å². The molecule has 148 valence electrons. The lowest BCUT2D eigenvalue weighted by Crippen LogP contribution is -2.31.